The largest absolute Gasteiger partial charge is 0.383 e. The van der Waals surface area contributed by atoms with Crippen molar-refractivity contribution in [3.05, 3.63) is 22.4 Å². The van der Waals surface area contributed by atoms with Crippen molar-refractivity contribution in [1.82, 2.24) is 10.2 Å². The quantitative estimate of drug-likeness (QED) is 0.835. The minimum absolute atomic E-state index is 0.0178. The summed E-state index contributed by atoms with van der Waals surface area (Å²) in [7, 11) is 0. The van der Waals surface area contributed by atoms with Crippen LogP contribution in [0.1, 0.15) is 44.4 Å². The van der Waals surface area contributed by atoms with E-state index < -0.39 is 5.60 Å². The van der Waals surface area contributed by atoms with Gasteiger partial charge in [0.2, 0.25) is 11.8 Å². The van der Waals surface area contributed by atoms with Gasteiger partial charge in [0.15, 0.2) is 0 Å². The van der Waals surface area contributed by atoms with Crippen LogP contribution < -0.4 is 5.32 Å². The van der Waals surface area contributed by atoms with E-state index in [4.69, 9.17) is 0 Å². The van der Waals surface area contributed by atoms with Crippen molar-refractivity contribution in [2.75, 3.05) is 19.6 Å². The summed E-state index contributed by atoms with van der Waals surface area (Å²) < 4.78 is 0. The standard InChI is InChI=1S/C17H26N2O3S/c1-13(20)19-9-7-14(8-10-19)5-6-16(21)18-12-17(2,22)15-4-3-11-23-15/h3-4,11,14,22H,5-10,12H2,1-2H3,(H,18,21). The summed E-state index contributed by atoms with van der Waals surface area (Å²) in [5, 5.41) is 15.1. The summed E-state index contributed by atoms with van der Waals surface area (Å²) in [6, 6.07) is 3.77. The van der Waals surface area contributed by atoms with Gasteiger partial charge in [0, 0.05) is 31.3 Å². The third-order valence-electron chi connectivity index (χ3n) is 4.52. The fourth-order valence-corrected chi connectivity index (χ4v) is 3.69. The van der Waals surface area contributed by atoms with E-state index in [1.165, 1.54) is 11.3 Å². The molecule has 0 saturated carbocycles. The maximum atomic E-state index is 12.0. The second-order valence-electron chi connectivity index (χ2n) is 6.52. The molecule has 0 spiro atoms. The van der Waals surface area contributed by atoms with Crippen LogP contribution in [0.15, 0.2) is 17.5 Å². The lowest BCUT2D eigenvalue weighted by Gasteiger charge is -2.31. The second-order valence-corrected chi connectivity index (χ2v) is 7.46. The second kappa shape index (κ2) is 7.93. The summed E-state index contributed by atoms with van der Waals surface area (Å²) in [4.78, 5) is 26.0. The first-order valence-corrected chi connectivity index (χ1v) is 9.05. The summed E-state index contributed by atoms with van der Waals surface area (Å²) in [5.74, 6) is 0.627. The molecule has 0 bridgehead atoms. The number of carbonyl (C=O) groups excluding carboxylic acids is 2. The van der Waals surface area contributed by atoms with Crippen LogP contribution in [0.2, 0.25) is 0 Å². The van der Waals surface area contributed by atoms with Gasteiger partial charge < -0.3 is 15.3 Å². The summed E-state index contributed by atoms with van der Waals surface area (Å²) in [5.41, 5.74) is -1.02. The molecule has 0 aliphatic carbocycles. The molecule has 0 aromatic carbocycles. The van der Waals surface area contributed by atoms with Gasteiger partial charge >= 0.3 is 0 Å². The van der Waals surface area contributed by atoms with E-state index in [-0.39, 0.29) is 18.4 Å². The predicted molar refractivity (Wildman–Crippen MR) is 91.1 cm³/mol. The molecule has 1 aliphatic rings. The van der Waals surface area contributed by atoms with Crippen LogP contribution in [0.4, 0.5) is 0 Å². The van der Waals surface area contributed by atoms with E-state index in [0.717, 1.165) is 37.2 Å². The Labute approximate surface area is 141 Å². The third kappa shape index (κ3) is 5.32. The number of rotatable bonds is 6. The van der Waals surface area contributed by atoms with Crippen LogP contribution in [-0.4, -0.2) is 41.5 Å². The van der Waals surface area contributed by atoms with Gasteiger partial charge in [0.05, 0.1) is 6.54 Å². The molecule has 23 heavy (non-hydrogen) atoms. The SMILES string of the molecule is CC(=O)N1CCC(CCC(=O)NCC(C)(O)c2cccs2)CC1. The first-order chi connectivity index (χ1) is 10.9. The molecule has 1 aromatic rings. The van der Waals surface area contributed by atoms with Crippen molar-refractivity contribution in [2.24, 2.45) is 5.92 Å². The molecule has 2 heterocycles. The summed E-state index contributed by atoms with van der Waals surface area (Å²) in [6.45, 7) is 5.16. The lowest BCUT2D eigenvalue weighted by Crippen LogP contribution is -2.39. The van der Waals surface area contributed by atoms with Crippen molar-refractivity contribution >= 4 is 23.2 Å². The number of likely N-dealkylation sites (tertiary alicyclic amines) is 1. The predicted octanol–water partition coefficient (Wildman–Crippen LogP) is 2.11. The first-order valence-electron chi connectivity index (χ1n) is 8.17. The van der Waals surface area contributed by atoms with Crippen molar-refractivity contribution in [1.29, 1.82) is 0 Å². The zero-order chi connectivity index (χ0) is 16.9. The van der Waals surface area contributed by atoms with Crippen LogP contribution >= 0.6 is 11.3 Å². The van der Waals surface area contributed by atoms with Crippen LogP contribution in [-0.2, 0) is 15.2 Å². The Hall–Kier alpha value is -1.40. The Morgan fingerprint density at radius 3 is 2.70 bits per heavy atom. The van der Waals surface area contributed by atoms with Crippen LogP contribution in [0.25, 0.3) is 0 Å². The summed E-state index contributed by atoms with van der Waals surface area (Å²) >= 11 is 1.49. The smallest absolute Gasteiger partial charge is 0.220 e. The highest BCUT2D eigenvalue weighted by Crippen LogP contribution is 2.25. The average molecular weight is 338 g/mol. The first kappa shape index (κ1) is 17.9. The lowest BCUT2D eigenvalue weighted by molar-refractivity contribution is -0.130. The van der Waals surface area contributed by atoms with Crippen molar-refractivity contribution in [2.45, 2.75) is 45.1 Å². The Balaban J connectivity index is 1.67. The molecule has 1 aliphatic heterocycles. The Morgan fingerprint density at radius 1 is 1.43 bits per heavy atom. The Kier molecular flexibility index (Phi) is 6.18. The fraction of sp³-hybridized carbons (Fsp3) is 0.647. The van der Waals surface area contributed by atoms with Crippen LogP contribution in [0.3, 0.4) is 0 Å². The molecule has 1 aromatic heterocycles. The topological polar surface area (TPSA) is 69.6 Å². The molecule has 128 valence electrons. The van der Waals surface area contributed by atoms with Gasteiger partial charge in [0.1, 0.15) is 5.60 Å². The normalized spacial score (nSPS) is 18.5. The molecule has 1 saturated heterocycles. The molecule has 2 N–H and O–H groups in total. The minimum atomic E-state index is -1.02. The molecule has 1 unspecified atom stereocenters. The highest BCUT2D eigenvalue weighted by Gasteiger charge is 2.25. The lowest BCUT2D eigenvalue weighted by atomic mass is 9.92. The molecule has 0 radical (unpaired) electrons. The number of hydrogen-bond donors (Lipinski definition) is 2. The number of nitrogens with zero attached hydrogens (tertiary/aromatic N) is 1. The van der Waals surface area contributed by atoms with Crippen molar-refractivity contribution in [3.8, 4) is 0 Å². The van der Waals surface area contributed by atoms with E-state index in [1.807, 2.05) is 22.4 Å². The van der Waals surface area contributed by atoms with Gasteiger partial charge in [-0.3, -0.25) is 9.59 Å². The Bertz CT molecular complexity index is 520. The van der Waals surface area contributed by atoms with E-state index in [2.05, 4.69) is 5.32 Å². The van der Waals surface area contributed by atoms with Gasteiger partial charge in [-0.25, -0.2) is 0 Å². The van der Waals surface area contributed by atoms with E-state index in [9.17, 15) is 14.7 Å². The van der Waals surface area contributed by atoms with Crippen LogP contribution in [0.5, 0.6) is 0 Å². The van der Waals surface area contributed by atoms with E-state index in [1.54, 1.807) is 13.8 Å². The van der Waals surface area contributed by atoms with E-state index in [0.29, 0.717) is 12.3 Å². The van der Waals surface area contributed by atoms with Gasteiger partial charge in [-0.1, -0.05) is 6.07 Å². The number of carbonyl (C=O) groups is 2. The van der Waals surface area contributed by atoms with Crippen molar-refractivity contribution < 1.29 is 14.7 Å². The number of nitrogens with one attached hydrogen (secondary N) is 1. The van der Waals surface area contributed by atoms with Gasteiger partial charge in [-0.05, 0) is 43.6 Å². The number of thiophene rings is 1. The number of hydrogen-bond acceptors (Lipinski definition) is 4. The maximum Gasteiger partial charge on any atom is 0.220 e. The van der Waals surface area contributed by atoms with Gasteiger partial charge in [-0.2, -0.15) is 0 Å². The van der Waals surface area contributed by atoms with Gasteiger partial charge in [-0.15, -0.1) is 11.3 Å². The maximum absolute atomic E-state index is 12.0. The highest BCUT2D eigenvalue weighted by molar-refractivity contribution is 7.10. The molecular formula is C17H26N2O3S. The van der Waals surface area contributed by atoms with Crippen LogP contribution in [0, 0.1) is 5.92 Å². The molecule has 5 nitrogen and oxygen atoms in total. The third-order valence-corrected chi connectivity index (χ3v) is 5.64. The number of amides is 2. The monoisotopic (exact) mass is 338 g/mol. The summed E-state index contributed by atoms with van der Waals surface area (Å²) in [6.07, 6.45) is 3.27. The van der Waals surface area contributed by atoms with E-state index >= 15 is 0 Å². The van der Waals surface area contributed by atoms with Crippen molar-refractivity contribution in [3.63, 3.8) is 0 Å². The molecule has 1 atom stereocenters. The molecular weight excluding hydrogens is 312 g/mol. The molecule has 6 heteroatoms. The highest BCUT2D eigenvalue weighted by atomic mass is 32.1. The fourth-order valence-electron chi connectivity index (χ4n) is 2.90. The minimum Gasteiger partial charge on any atom is -0.383 e. The number of piperidine rings is 1. The number of aliphatic hydroxyl groups is 1. The zero-order valence-electron chi connectivity index (χ0n) is 13.9. The van der Waals surface area contributed by atoms with Gasteiger partial charge in [0.25, 0.3) is 0 Å². The molecule has 1 fully saturated rings. The molecule has 2 rings (SSSR count). The average Bonchev–Trinajstić information content (AvgIpc) is 3.06. The zero-order valence-corrected chi connectivity index (χ0v) is 14.7. The molecule has 2 amide bonds. The Morgan fingerprint density at radius 2 is 2.13 bits per heavy atom.